The maximum atomic E-state index is 12.0. The van der Waals surface area contributed by atoms with Gasteiger partial charge in [-0.05, 0) is 37.5 Å². The molecule has 0 saturated carbocycles. The lowest BCUT2D eigenvalue weighted by molar-refractivity contribution is -0.160. The highest BCUT2D eigenvalue weighted by Gasteiger charge is 2.18. The van der Waals surface area contributed by atoms with Crippen LogP contribution in [-0.2, 0) is 20.7 Å². The summed E-state index contributed by atoms with van der Waals surface area (Å²) < 4.78 is 9.21. The van der Waals surface area contributed by atoms with E-state index in [1.807, 2.05) is 6.92 Å². The molecule has 0 saturated heterocycles. The van der Waals surface area contributed by atoms with E-state index in [-0.39, 0.29) is 11.2 Å². The summed E-state index contributed by atoms with van der Waals surface area (Å²) in [5, 5.41) is 0. The van der Waals surface area contributed by atoms with Crippen molar-refractivity contribution in [1.82, 2.24) is 0 Å². The number of methoxy groups -OCH3 is 1. The molecule has 5 heteroatoms. The van der Waals surface area contributed by atoms with E-state index in [0.717, 1.165) is 7.11 Å². The van der Waals surface area contributed by atoms with Crippen LogP contribution < -0.4 is 10.2 Å². The molecule has 19 heavy (non-hydrogen) atoms. The smallest absolute Gasteiger partial charge is 0.422 e. The fraction of sp³-hybridized carbons (Fsp3) is 0.357. The van der Waals surface area contributed by atoms with Gasteiger partial charge in [-0.25, -0.2) is 9.59 Å². The van der Waals surface area contributed by atoms with Crippen LogP contribution in [0, 0.1) is 13.8 Å². The second-order valence-electron chi connectivity index (χ2n) is 4.04. The van der Waals surface area contributed by atoms with E-state index in [0.29, 0.717) is 23.1 Å². The molecule has 0 atom stereocenters. The van der Waals surface area contributed by atoms with Gasteiger partial charge in [0.25, 0.3) is 0 Å². The van der Waals surface area contributed by atoms with E-state index >= 15 is 0 Å². The number of ether oxygens (including phenoxy) is 2. The monoisotopic (exact) mass is 264 g/mol. The Morgan fingerprint density at radius 2 is 1.74 bits per heavy atom. The number of carbonyl (C=O) groups excluding carboxylic acids is 2. The second kappa shape index (κ2) is 6.13. The van der Waals surface area contributed by atoms with Crippen molar-refractivity contribution in [3.8, 4) is 5.75 Å². The Bertz CT molecular complexity index is 575. The van der Waals surface area contributed by atoms with Crippen molar-refractivity contribution in [1.29, 1.82) is 0 Å². The van der Waals surface area contributed by atoms with Crippen molar-refractivity contribution in [3.05, 3.63) is 39.0 Å². The van der Waals surface area contributed by atoms with Crippen molar-refractivity contribution in [2.24, 2.45) is 0 Å². The zero-order valence-electron chi connectivity index (χ0n) is 11.4. The Morgan fingerprint density at radius 1 is 1.11 bits per heavy atom. The van der Waals surface area contributed by atoms with Gasteiger partial charge in [0, 0.05) is 5.56 Å². The number of carbonyl (C=O) groups is 2. The highest BCUT2D eigenvalue weighted by molar-refractivity contribution is 6.30. The van der Waals surface area contributed by atoms with Crippen LogP contribution in [-0.4, -0.2) is 19.0 Å². The molecule has 0 unspecified atom stereocenters. The normalized spacial score (nSPS) is 9.89. The summed E-state index contributed by atoms with van der Waals surface area (Å²) in [6.07, 6.45) is 0.582. The lowest BCUT2D eigenvalue weighted by Crippen LogP contribution is -2.21. The fourth-order valence-electron chi connectivity index (χ4n) is 1.59. The number of hydrogen-bond acceptors (Lipinski definition) is 5. The van der Waals surface area contributed by atoms with Gasteiger partial charge in [-0.1, -0.05) is 13.0 Å². The zero-order valence-corrected chi connectivity index (χ0v) is 11.4. The van der Waals surface area contributed by atoms with Gasteiger partial charge in [0.05, 0.1) is 7.11 Å². The minimum atomic E-state index is -1.11. The second-order valence-corrected chi connectivity index (χ2v) is 4.04. The molecular weight excluding hydrogens is 248 g/mol. The molecule has 0 aromatic heterocycles. The fourth-order valence-corrected chi connectivity index (χ4v) is 1.59. The van der Waals surface area contributed by atoms with Gasteiger partial charge in [0.15, 0.2) is 5.43 Å². The van der Waals surface area contributed by atoms with Crippen LogP contribution in [0.1, 0.15) is 23.6 Å². The van der Waals surface area contributed by atoms with Crippen LogP contribution in [0.5, 0.6) is 5.75 Å². The topological polar surface area (TPSA) is 69.7 Å². The maximum absolute atomic E-state index is 12.0. The van der Waals surface area contributed by atoms with Gasteiger partial charge in [0.2, 0.25) is 0 Å². The van der Waals surface area contributed by atoms with Crippen LogP contribution in [0.2, 0.25) is 0 Å². The SMILES string of the molecule is CCc1ccc(OC(=O)C(=O)OC)c(C)c(C)c1=O. The van der Waals surface area contributed by atoms with Crippen LogP contribution in [0.25, 0.3) is 0 Å². The molecule has 5 nitrogen and oxygen atoms in total. The summed E-state index contributed by atoms with van der Waals surface area (Å²) in [6, 6.07) is 3.12. The van der Waals surface area contributed by atoms with Crippen molar-refractivity contribution < 1.29 is 19.1 Å². The minimum Gasteiger partial charge on any atom is -0.461 e. The summed E-state index contributed by atoms with van der Waals surface area (Å²) in [4.78, 5) is 34.4. The summed E-state index contributed by atoms with van der Waals surface area (Å²) in [6.45, 7) is 5.19. The third-order valence-corrected chi connectivity index (χ3v) is 2.94. The lowest BCUT2D eigenvalue weighted by atomic mass is 10.1. The summed E-state index contributed by atoms with van der Waals surface area (Å²) >= 11 is 0. The Kier molecular flexibility index (Phi) is 4.80. The van der Waals surface area contributed by atoms with E-state index in [9.17, 15) is 14.4 Å². The number of esters is 2. The molecule has 0 fully saturated rings. The molecule has 0 amide bonds. The van der Waals surface area contributed by atoms with Gasteiger partial charge in [-0.15, -0.1) is 0 Å². The molecule has 0 aliphatic heterocycles. The molecule has 0 aliphatic rings. The number of rotatable bonds is 2. The molecule has 1 rings (SSSR count). The summed E-state index contributed by atoms with van der Waals surface area (Å²) in [5.41, 5.74) is 1.57. The first-order valence-corrected chi connectivity index (χ1v) is 5.85. The van der Waals surface area contributed by atoms with E-state index in [1.165, 1.54) is 6.07 Å². The summed E-state index contributed by atoms with van der Waals surface area (Å²) in [7, 11) is 1.09. The predicted octanol–water partition coefficient (Wildman–Crippen LogP) is 1.30. The van der Waals surface area contributed by atoms with Gasteiger partial charge in [-0.3, -0.25) is 4.79 Å². The molecule has 0 aliphatic carbocycles. The predicted molar refractivity (Wildman–Crippen MR) is 69.2 cm³/mol. The van der Waals surface area contributed by atoms with Crippen molar-refractivity contribution >= 4 is 11.9 Å². The van der Waals surface area contributed by atoms with Gasteiger partial charge in [0.1, 0.15) is 5.75 Å². The maximum Gasteiger partial charge on any atom is 0.422 e. The Morgan fingerprint density at radius 3 is 2.26 bits per heavy atom. The quantitative estimate of drug-likeness (QED) is 0.595. The van der Waals surface area contributed by atoms with Crippen molar-refractivity contribution in [2.75, 3.05) is 7.11 Å². The number of hydrogen-bond donors (Lipinski definition) is 0. The van der Waals surface area contributed by atoms with Crippen molar-refractivity contribution in [2.45, 2.75) is 27.2 Å². The number of aryl methyl sites for hydroxylation is 1. The summed E-state index contributed by atoms with van der Waals surface area (Å²) in [5.74, 6) is -2.01. The third-order valence-electron chi connectivity index (χ3n) is 2.94. The molecular formula is C14H16O5. The van der Waals surface area contributed by atoms with Crippen LogP contribution in [0.15, 0.2) is 16.9 Å². The van der Waals surface area contributed by atoms with E-state index in [4.69, 9.17) is 4.74 Å². The molecule has 1 aromatic rings. The first-order valence-electron chi connectivity index (χ1n) is 5.85. The van der Waals surface area contributed by atoms with Crippen LogP contribution in [0.4, 0.5) is 0 Å². The molecule has 1 aromatic carbocycles. The molecule has 0 heterocycles. The van der Waals surface area contributed by atoms with Gasteiger partial charge in [-0.2, -0.15) is 0 Å². The molecule has 0 N–H and O–H groups in total. The van der Waals surface area contributed by atoms with Crippen molar-refractivity contribution in [3.63, 3.8) is 0 Å². The Balaban J connectivity index is 3.28. The minimum absolute atomic E-state index is 0.0830. The molecule has 102 valence electrons. The average Bonchev–Trinajstić information content (AvgIpc) is 2.51. The highest BCUT2D eigenvalue weighted by atomic mass is 16.6. The zero-order chi connectivity index (χ0) is 14.6. The van der Waals surface area contributed by atoms with Gasteiger partial charge >= 0.3 is 11.9 Å². The van der Waals surface area contributed by atoms with Gasteiger partial charge < -0.3 is 9.47 Å². The molecule has 0 spiro atoms. The largest absolute Gasteiger partial charge is 0.461 e. The van der Waals surface area contributed by atoms with E-state index in [2.05, 4.69) is 4.74 Å². The van der Waals surface area contributed by atoms with Crippen LogP contribution in [0.3, 0.4) is 0 Å². The van der Waals surface area contributed by atoms with E-state index < -0.39 is 11.9 Å². The first kappa shape index (κ1) is 14.9. The van der Waals surface area contributed by atoms with Crippen LogP contribution >= 0.6 is 0 Å². The molecule has 0 radical (unpaired) electrons. The third kappa shape index (κ3) is 3.19. The molecule has 0 bridgehead atoms. The average molecular weight is 264 g/mol. The lowest BCUT2D eigenvalue weighted by Gasteiger charge is -2.04. The first-order chi connectivity index (χ1) is 8.92. The van der Waals surface area contributed by atoms with E-state index in [1.54, 1.807) is 19.9 Å². The Labute approximate surface area is 111 Å². The highest BCUT2D eigenvalue weighted by Crippen LogP contribution is 2.18. The Hall–Kier alpha value is -2.17. The standard InChI is InChI=1S/C14H16O5/c1-5-10-6-7-11(8(2)9(3)12(10)15)19-14(17)13(16)18-4/h6-7H,5H2,1-4H3.